The molecule has 0 saturated carbocycles. The number of phenols is 3. The van der Waals surface area contributed by atoms with E-state index in [9.17, 15) is 44.1 Å². The number of carbonyl (C=O) groups is 6. The number of ketones is 2. The van der Waals surface area contributed by atoms with Crippen LogP contribution in [-0.2, 0) is 0 Å². The molecule has 0 aliphatic heterocycles. The number of benzene rings is 12. The monoisotopic (exact) mass is 1460 g/mol. The largest absolute Gasteiger partial charge is 0.507 e. The zero-order valence-corrected chi connectivity index (χ0v) is 59.1. The quantitative estimate of drug-likeness (QED) is 0.0253. The molecular weight excluding hydrogens is 1390 g/mol. The van der Waals surface area contributed by atoms with Crippen LogP contribution in [0.3, 0.4) is 0 Å². The van der Waals surface area contributed by atoms with Gasteiger partial charge in [0, 0.05) is 32.5 Å². The third kappa shape index (κ3) is 17.2. The number of fused-ring (bicyclic) bond motifs is 9. The van der Waals surface area contributed by atoms with E-state index < -0.39 is 23.6 Å². The summed E-state index contributed by atoms with van der Waals surface area (Å²) in [7, 11) is 2.87. The lowest BCUT2D eigenvalue weighted by Crippen LogP contribution is -2.27. The average Bonchev–Trinajstić information content (AvgIpc) is 1.63. The zero-order valence-electron chi connectivity index (χ0n) is 58.3. The molecule has 1 aliphatic rings. The molecule has 15 rings (SSSR count). The summed E-state index contributed by atoms with van der Waals surface area (Å²) < 4.78 is 27.1. The highest BCUT2D eigenvalue weighted by molar-refractivity contribution is 6.36. The van der Waals surface area contributed by atoms with Crippen LogP contribution in [0.25, 0.3) is 65.0 Å². The number of ether oxygens (including phenoxy) is 3. The molecule has 0 bridgehead atoms. The average molecular weight is 1460 g/mol. The fourth-order valence-corrected chi connectivity index (χ4v) is 11.9. The SMILES string of the molecule is C/C(=N\NC(=O)c1cc2ccccc2cc1O)C1C(=O)c2ccccc2C1=O.CCCOc1ccc(/C=N/NC(=O)c2cc3c(ccc4ccccc43)o2)cc1.COc1cc(/C=N/NC(=O)c2cc3c(ccc4ccccc43)o2)cc(OC)c1O.O=C(N/N=C/c1cccc(Cl)c1)c1cc2ccccc2cc1O. The fraction of sp³-hybridized carbons (Fsp3) is 0.0824. The number of carbonyl (C=O) groups excluding carboxylic acids is 6. The van der Waals surface area contributed by atoms with Gasteiger partial charge in [-0.2, -0.15) is 20.4 Å². The summed E-state index contributed by atoms with van der Waals surface area (Å²) in [6.45, 7) is 4.28. The van der Waals surface area contributed by atoms with Crippen LogP contribution < -0.4 is 35.9 Å². The van der Waals surface area contributed by atoms with E-state index in [1.54, 1.807) is 91.1 Å². The number of furan rings is 2. The van der Waals surface area contributed by atoms with Crippen LogP contribution in [-0.4, -0.2) is 95.7 Å². The molecule has 12 aromatic carbocycles. The van der Waals surface area contributed by atoms with Gasteiger partial charge in [0.25, 0.3) is 11.8 Å². The highest BCUT2D eigenvalue weighted by atomic mass is 35.5. The van der Waals surface area contributed by atoms with Crippen LogP contribution in [0.1, 0.15) is 99.5 Å². The van der Waals surface area contributed by atoms with Crippen LogP contribution in [0.5, 0.6) is 34.5 Å². The molecule has 0 saturated heterocycles. The van der Waals surface area contributed by atoms with Gasteiger partial charge in [-0.05, 0) is 165 Å². The molecule has 0 atom stereocenters. The number of nitrogens with zero attached hydrogens (tertiary/aromatic N) is 4. The van der Waals surface area contributed by atoms with Gasteiger partial charge in [0.1, 0.15) is 34.3 Å². The van der Waals surface area contributed by atoms with Gasteiger partial charge < -0.3 is 38.4 Å². The number of phenolic OH excluding ortho intramolecular Hbond substituents is 3. The summed E-state index contributed by atoms with van der Waals surface area (Å²) in [5.41, 5.74) is 14.3. The Balaban J connectivity index is 0.000000135. The normalized spacial score (nSPS) is 12.0. The number of rotatable bonds is 17. The maximum Gasteiger partial charge on any atom is 0.307 e. The molecule has 23 heteroatoms. The second kappa shape index (κ2) is 33.9. The number of methoxy groups -OCH3 is 2. The molecule has 538 valence electrons. The molecule has 2 aromatic heterocycles. The predicted octanol–water partition coefficient (Wildman–Crippen LogP) is 16.5. The Morgan fingerprint density at radius 3 is 1.37 bits per heavy atom. The van der Waals surface area contributed by atoms with Crippen LogP contribution in [0.4, 0.5) is 0 Å². The summed E-state index contributed by atoms with van der Waals surface area (Å²) in [5, 5.41) is 55.8. The highest BCUT2D eigenvalue weighted by Gasteiger charge is 2.40. The topological polar surface area (TPSA) is 315 Å². The van der Waals surface area contributed by atoms with Crippen molar-refractivity contribution in [2.75, 3.05) is 20.8 Å². The standard InChI is InChI=1S/C23H20N2O3.C22H18N2O5.C22H16N2O4.C18H13ClN2O2/c1-2-13-27-18-10-7-16(8-11-18)15-24-25-23(26)22-14-20-19-6-4-3-5-17(19)9-12-21(20)28-22;1-27-18-9-13(10-19(28-2)21(18)25)12-23-24-22(26)20-11-16-15-6-4-3-5-14(15)7-8-17(16)29-20;1-12(19-20(26)15-8-4-5-9-16(15)21(19)27)23-24-22(28)17-10-13-6-2-3-7-14(13)11-18(17)25;19-15-7-3-4-12(8-15)11-20-21-18(23)16-9-13-5-1-2-6-14(13)10-17(16)22/h3-12,14-15H,2,13H2,1H3,(H,25,26);3-12,25H,1-2H3,(H,24,26);2-11,19,25H,1H3,(H,24,28);1-11,22H,(H,21,23)/b24-15+;2*23-12+;20-11+. The summed E-state index contributed by atoms with van der Waals surface area (Å²) in [5.74, 6) is -2.35. The van der Waals surface area contributed by atoms with Crippen molar-refractivity contribution in [2.24, 2.45) is 26.3 Å². The molecule has 0 fully saturated rings. The first-order valence-corrected chi connectivity index (χ1v) is 34.0. The molecule has 108 heavy (non-hydrogen) atoms. The Morgan fingerprint density at radius 2 is 0.889 bits per heavy atom. The minimum atomic E-state index is -1.04. The lowest BCUT2D eigenvalue weighted by atomic mass is 9.99. The Morgan fingerprint density at radius 1 is 0.454 bits per heavy atom. The number of hydrogen-bond donors (Lipinski definition) is 7. The van der Waals surface area contributed by atoms with E-state index in [0.717, 1.165) is 77.2 Å². The van der Waals surface area contributed by atoms with E-state index in [0.29, 0.717) is 39.5 Å². The van der Waals surface area contributed by atoms with E-state index in [2.05, 4.69) is 49.0 Å². The fourth-order valence-electron chi connectivity index (χ4n) is 11.7. The molecule has 0 spiro atoms. The Kier molecular flexibility index (Phi) is 23.1. The lowest BCUT2D eigenvalue weighted by molar-refractivity contribution is 0.0874. The predicted molar refractivity (Wildman–Crippen MR) is 418 cm³/mol. The molecule has 1 aliphatic carbocycles. The van der Waals surface area contributed by atoms with E-state index in [1.165, 1.54) is 39.6 Å². The van der Waals surface area contributed by atoms with Gasteiger partial charge in [0.05, 0.1) is 56.3 Å². The van der Waals surface area contributed by atoms with Crippen molar-refractivity contribution in [3.63, 3.8) is 0 Å². The summed E-state index contributed by atoms with van der Waals surface area (Å²) in [6.07, 6.45) is 5.45. The minimum Gasteiger partial charge on any atom is -0.507 e. The van der Waals surface area contributed by atoms with E-state index in [1.807, 2.05) is 152 Å². The first-order chi connectivity index (χ1) is 52.4. The van der Waals surface area contributed by atoms with Crippen molar-refractivity contribution in [3.8, 4) is 34.5 Å². The second-order valence-corrected chi connectivity index (χ2v) is 24.7. The van der Waals surface area contributed by atoms with Crippen molar-refractivity contribution in [1.82, 2.24) is 21.7 Å². The van der Waals surface area contributed by atoms with Crippen molar-refractivity contribution in [1.29, 1.82) is 0 Å². The van der Waals surface area contributed by atoms with E-state index in [4.69, 9.17) is 34.6 Å². The molecule has 0 radical (unpaired) electrons. The van der Waals surface area contributed by atoms with Crippen LogP contribution >= 0.6 is 11.6 Å². The van der Waals surface area contributed by atoms with Gasteiger partial charge in [-0.25, -0.2) is 21.7 Å². The third-order valence-electron chi connectivity index (χ3n) is 17.1. The summed E-state index contributed by atoms with van der Waals surface area (Å²) in [4.78, 5) is 74.4. The maximum atomic E-state index is 12.5. The second-order valence-electron chi connectivity index (χ2n) is 24.3. The van der Waals surface area contributed by atoms with Gasteiger partial charge in [-0.1, -0.05) is 164 Å². The van der Waals surface area contributed by atoms with Gasteiger partial charge in [-0.3, -0.25) is 28.8 Å². The smallest absolute Gasteiger partial charge is 0.307 e. The number of nitrogens with one attached hydrogen (secondary N) is 4. The summed E-state index contributed by atoms with van der Waals surface area (Å²) >= 11 is 5.88. The number of hydrazone groups is 4. The van der Waals surface area contributed by atoms with E-state index >= 15 is 0 Å². The Hall–Kier alpha value is -14.3. The van der Waals surface area contributed by atoms with Crippen molar-refractivity contribution < 1.29 is 67.1 Å². The van der Waals surface area contributed by atoms with Crippen LogP contribution in [0.2, 0.25) is 5.02 Å². The van der Waals surface area contributed by atoms with E-state index in [-0.39, 0.29) is 74.6 Å². The van der Waals surface area contributed by atoms with Gasteiger partial charge in [0.15, 0.2) is 34.6 Å². The number of halogens is 1. The summed E-state index contributed by atoms with van der Waals surface area (Å²) in [6, 6.07) is 72.4. The van der Waals surface area contributed by atoms with Crippen LogP contribution in [0.15, 0.2) is 272 Å². The first-order valence-electron chi connectivity index (χ1n) is 33.7. The molecule has 0 unspecified atom stereocenters. The molecule has 22 nitrogen and oxygen atoms in total. The van der Waals surface area contributed by atoms with Gasteiger partial charge >= 0.3 is 11.8 Å². The molecule has 14 aromatic rings. The van der Waals surface area contributed by atoms with Crippen molar-refractivity contribution in [2.45, 2.75) is 20.3 Å². The van der Waals surface area contributed by atoms with Gasteiger partial charge in [0.2, 0.25) is 5.75 Å². The zero-order chi connectivity index (χ0) is 75.8. The number of aromatic hydroxyl groups is 3. The molecular formula is C85H67ClN8O14. The third-order valence-corrected chi connectivity index (χ3v) is 17.3. The van der Waals surface area contributed by atoms with Gasteiger partial charge in [-0.15, -0.1) is 0 Å². The Labute approximate surface area is 621 Å². The number of Topliss-reactive ketones (excluding diaryl/α,β-unsaturated/α-hetero) is 2. The molecule has 4 amide bonds. The van der Waals surface area contributed by atoms with Crippen LogP contribution in [0, 0.1) is 5.92 Å². The molecule has 2 heterocycles. The number of hydrogen-bond acceptors (Lipinski definition) is 18. The maximum absolute atomic E-state index is 12.5. The molecule has 7 N–H and O–H groups in total. The minimum absolute atomic E-state index is 0.0580. The van der Waals surface area contributed by atoms with Crippen molar-refractivity contribution >= 4 is 136 Å². The highest BCUT2D eigenvalue weighted by Crippen LogP contribution is 2.37. The lowest BCUT2D eigenvalue weighted by Gasteiger charge is -2.09. The Bertz CT molecular complexity index is 5850. The first kappa shape index (κ1) is 73.5. The number of amides is 4. The van der Waals surface area contributed by atoms with Crippen molar-refractivity contribution in [3.05, 3.63) is 298 Å².